The van der Waals surface area contributed by atoms with Gasteiger partial charge in [-0.1, -0.05) is 43.3 Å². The first-order chi connectivity index (χ1) is 14.9. The van der Waals surface area contributed by atoms with Gasteiger partial charge in [-0.15, -0.1) is 0 Å². The van der Waals surface area contributed by atoms with Crippen molar-refractivity contribution in [2.75, 3.05) is 28.4 Å². The number of Topliss-reactive ketones (excluding diaryl/α,β-unsaturated/α-hetero) is 1. The van der Waals surface area contributed by atoms with Crippen molar-refractivity contribution in [2.24, 2.45) is 10.8 Å². The lowest BCUT2D eigenvalue weighted by atomic mass is 9.83. The zero-order valence-electron chi connectivity index (χ0n) is 18.3. The molecule has 31 heavy (non-hydrogen) atoms. The first kappa shape index (κ1) is 22.3. The number of carbonyl (C=O) groups excluding carboxylic acids is 3. The Balaban J connectivity index is 2.29. The molecule has 0 radical (unpaired) electrons. The molecule has 0 aliphatic heterocycles. The van der Waals surface area contributed by atoms with Crippen molar-refractivity contribution in [3.05, 3.63) is 59.7 Å². The molecule has 0 unspecified atom stereocenters. The molecular weight excluding hydrogens is 400 g/mol. The van der Waals surface area contributed by atoms with Gasteiger partial charge in [-0.2, -0.15) is 0 Å². The largest absolute Gasteiger partial charge is 0.493 e. The van der Waals surface area contributed by atoms with Crippen molar-refractivity contribution < 1.29 is 33.3 Å². The Labute approximate surface area is 181 Å². The number of esters is 2. The second kappa shape index (κ2) is 8.41. The summed E-state index contributed by atoms with van der Waals surface area (Å²) in [4.78, 5) is 40.1. The van der Waals surface area contributed by atoms with Gasteiger partial charge in [-0.25, -0.2) is 0 Å². The molecule has 0 aromatic heterocycles. The van der Waals surface area contributed by atoms with Gasteiger partial charge in [-0.3, -0.25) is 14.4 Å². The van der Waals surface area contributed by atoms with Gasteiger partial charge in [0.25, 0.3) is 0 Å². The van der Waals surface area contributed by atoms with Crippen molar-refractivity contribution in [1.82, 2.24) is 0 Å². The molecule has 7 heteroatoms. The topological polar surface area (TPSA) is 88.1 Å². The van der Waals surface area contributed by atoms with E-state index in [0.29, 0.717) is 22.6 Å². The fraction of sp³-hybridized carbons (Fsp3) is 0.375. The van der Waals surface area contributed by atoms with E-state index in [1.165, 1.54) is 28.4 Å². The summed E-state index contributed by atoms with van der Waals surface area (Å²) in [6.07, 6.45) is 0.226. The minimum atomic E-state index is -1.81. The number of hydrogen-bond acceptors (Lipinski definition) is 7. The first-order valence-electron chi connectivity index (χ1n) is 9.89. The number of rotatable bonds is 8. The maximum Gasteiger partial charge on any atom is 0.324 e. The molecule has 164 valence electrons. The molecule has 7 nitrogen and oxygen atoms in total. The predicted octanol–water partition coefficient (Wildman–Crippen LogP) is 3.41. The van der Waals surface area contributed by atoms with Crippen LogP contribution in [0.2, 0.25) is 0 Å². The molecule has 0 saturated heterocycles. The second-order valence-corrected chi connectivity index (χ2v) is 7.36. The molecular formula is C24H26O7. The van der Waals surface area contributed by atoms with Crippen molar-refractivity contribution in [2.45, 2.75) is 19.3 Å². The summed E-state index contributed by atoms with van der Waals surface area (Å²) >= 11 is 0. The number of hydrogen-bond donors (Lipinski definition) is 0. The molecule has 1 saturated carbocycles. The fourth-order valence-corrected chi connectivity index (χ4v) is 4.91. The molecule has 0 amide bonds. The lowest BCUT2D eigenvalue weighted by Crippen LogP contribution is -2.37. The highest BCUT2D eigenvalue weighted by Crippen LogP contribution is 2.78. The monoisotopic (exact) mass is 426 g/mol. The Hall–Kier alpha value is -3.35. The maximum atomic E-state index is 13.8. The third-order valence-corrected chi connectivity index (χ3v) is 6.30. The summed E-state index contributed by atoms with van der Waals surface area (Å²) in [7, 11) is 5.40. The Morgan fingerprint density at radius 3 is 1.90 bits per heavy atom. The number of ether oxygens (including phenoxy) is 4. The predicted molar refractivity (Wildman–Crippen MR) is 112 cm³/mol. The molecule has 1 aliphatic carbocycles. The summed E-state index contributed by atoms with van der Waals surface area (Å²) in [6.45, 7) is 1.78. The molecule has 1 fully saturated rings. The molecule has 0 bridgehead atoms. The molecule has 3 rings (SSSR count). The standard InChI is InChI=1S/C24H26O7/c1-6-23(20(25)15-10-8-7-9-11-15)19(24(23,21(26)30-4)22(27)31-5)16-12-13-17(28-2)18(14-16)29-3/h7-14,19H,6H2,1-5H3/t19-,23-/m1/s1. The minimum absolute atomic E-state index is 0.226. The van der Waals surface area contributed by atoms with Gasteiger partial charge >= 0.3 is 11.9 Å². The second-order valence-electron chi connectivity index (χ2n) is 7.36. The van der Waals surface area contributed by atoms with Crippen LogP contribution in [-0.4, -0.2) is 46.2 Å². The van der Waals surface area contributed by atoms with Gasteiger partial charge in [-0.05, 0) is 24.1 Å². The van der Waals surface area contributed by atoms with Crippen LogP contribution in [0, 0.1) is 10.8 Å². The third-order valence-electron chi connectivity index (χ3n) is 6.30. The maximum absolute atomic E-state index is 13.8. The Morgan fingerprint density at radius 2 is 1.42 bits per heavy atom. The Kier molecular flexibility index (Phi) is 6.06. The first-order valence-corrected chi connectivity index (χ1v) is 9.89. The highest BCUT2D eigenvalue weighted by atomic mass is 16.5. The Bertz CT molecular complexity index is 982. The number of methoxy groups -OCH3 is 4. The van der Waals surface area contributed by atoms with E-state index in [4.69, 9.17) is 18.9 Å². The van der Waals surface area contributed by atoms with Crippen LogP contribution in [0.4, 0.5) is 0 Å². The van der Waals surface area contributed by atoms with E-state index in [1.54, 1.807) is 55.5 Å². The summed E-state index contributed by atoms with van der Waals surface area (Å²) in [5.74, 6) is -1.79. The van der Waals surface area contributed by atoms with Crippen molar-refractivity contribution >= 4 is 17.7 Å². The van der Waals surface area contributed by atoms with Gasteiger partial charge in [0.2, 0.25) is 0 Å². The fourth-order valence-electron chi connectivity index (χ4n) is 4.91. The summed E-state index contributed by atoms with van der Waals surface area (Å²) in [5, 5.41) is 0. The number of carbonyl (C=O) groups is 3. The van der Waals surface area contributed by atoms with Crippen LogP contribution >= 0.6 is 0 Å². The minimum Gasteiger partial charge on any atom is -0.493 e. The van der Waals surface area contributed by atoms with Crippen molar-refractivity contribution in [3.63, 3.8) is 0 Å². The molecule has 1 aliphatic rings. The highest BCUT2D eigenvalue weighted by Gasteiger charge is 2.88. The molecule has 0 heterocycles. The molecule has 2 aromatic rings. The lowest BCUT2D eigenvalue weighted by Gasteiger charge is -2.20. The van der Waals surface area contributed by atoms with E-state index in [0.717, 1.165) is 0 Å². The summed E-state index contributed by atoms with van der Waals surface area (Å²) < 4.78 is 20.8. The number of benzene rings is 2. The van der Waals surface area contributed by atoms with Crippen LogP contribution < -0.4 is 9.47 Å². The van der Waals surface area contributed by atoms with Crippen LogP contribution in [0.5, 0.6) is 11.5 Å². The molecule has 0 N–H and O–H groups in total. The normalized spacial score (nSPS) is 21.0. The van der Waals surface area contributed by atoms with Crippen LogP contribution in [0.15, 0.2) is 48.5 Å². The molecule has 2 aromatic carbocycles. The average Bonchev–Trinajstić information content (AvgIpc) is 3.47. The van der Waals surface area contributed by atoms with E-state index in [2.05, 4.69) is 0 Å². The van der Waals surface area contributed by atoms with Gasteiger partial charge in [0, 0.05) is 11.5 Å². The van der Waals surface area contributed by atoms with E-state index in [1.807, 2.05) is 0 Å². The van der Waals surface area contributed by atoms with Crippen LogP contribution in [0.1, 0.15) is 35.2 Å². The van der Waals surface area contributed by atoms with E-state index < -0.39 is 28.7 Å². The SMILES string of the molecule is CC[C@]1(C(=O)c2ccccc2)[C@@H](c2ccc(OC)c(OC)c2)C1(C(=O)OC)C(=O)OC. The van der Waals surface area contributed by atoms with E-state index in [-0.39, 0.29) is 12.2 Å². The van der Waals surface area contributed by atoms with Crippen LogP contribution in [0.25, 0.3) is 0 Å². The van der Waals surface area contributed by atoms with Gasteiger partial charge in [0.1, 0.15) is 0 Å². The van der Waals surface area contributed by atoms with Crippen molar-refractivity contribution in [3.8, 4) is 11.5 Å². The quantitative estimate of drug-likeness (QED) is 0.363. The van der Waals surface area contributed by atoms with Crippen LogP contribution in [-0.2, 0) is 19.1 Å². The number of ketones is 1. The van der Waals surface area contributed by atoms with Gasteiger partial charge in [0.15, 0.2) is 22.7 Å². The molecule has 2 atom stereocenters. The smallest absolute Gasteiger partial charge is 0.324 e. The third kappa shape index (κ3) is 2.99. The van der Waals surface area contributed by atoms with E-state index in [9.17, 15) is 14.4 Å². The van der Waals surface area contributed by atoms with E-state index >= 15 is 0 Å². The van der Waals surface area contributed by atoms with Crippen LogP contribution in [0.3, 0.4) is 0 Å². The zero-order valence-corrected chi connectivity index (χ0v) is 18.3. The Morgan fingerprint density at radius 1 is 0.839 bits per heavy atom. The van der Waals surface area contributed by atoms with Crippen molar-refractivity contribution in [1.29, 1.82) is 0 Å². The van der Waals surface area contributed by atoms with Gasteiger partial charge in [0.05, 0.1) is 33.9 Å². The van der Waals surface area contributed by atoms with Gasteiger partial charge < -0.3 is 18.9 Å². The summed E-state index contributed by atoms with van der Waals surface area (Å²) in [6, 6.07) is 13.7. The molecule has 0 spiro atoms. The highest BCUT2D eigenvalue weighted by molar-refractivity contribution is 6.19. The zero-order chi connectivity index (χ0) is 22.8. The summed E-state index contributed by atoms with van der Waals surface area (Å²) in [5.41, 5.74) is -2.18. The lowest BCUT2D eigenvalue weighted by molar-refractivity contribution is -0.163. The average molecular weight is 426 g/mol.